The fourth-order valence-corrected chi connectivity index (χ4v) is 5.80. The molecule has 0 bridgehead atoms. The van der Waals surface area contributed by atoms with Crippen molar-refractivity contribution in [1.29, 1.82) is 0 Å². The van der Waals surface area contributed by atoms with Gasteiger partial charge < -0.3 is 4.90 Å². The van der Waals surface area contributed by atoms with Gasteiger partial charge in [0.15, 0.2) is 0 Å². The van der Waals surface area contributed by atoms with Gasteiger partial charge in [0.05, 0.1) is 15.5 Å². The Labute approximate surface area is 182 Å². The van der Waals surface area contributed by atoms with E-state index in [1.165, 1.54) is 0 Å². The van der Waals surface area contributed by atoms with Gasteiger partial charge in [-0.25, -0.2) is 8.42 Å². The Morgan fingerprint density at radius 2 is 1.93 bits per heavy atom. The van der Waals surface area contributed by atoms with Gasteiger partial charge in [-0.2, -0.15) is 28.8 Å². The second-order valence-corrected chi connectivity index (χ2v) is 10.3. The van der Waals surface area contributed by atoms with E-state index in [1.54, 1.807) is 23.3 Å². The van der Waals surface area contributed by atoms with Crippen molar-refractivity contribution in [3.05, 3.63) is 51.2 Å². The summed E-state index contributed by atoms with van der Waals surface area (Å²) in [6, 6.07) is 4.50. The topological polar surface area (TPSA) is 57.7 Å². The minimum Gasteiger partial charge on any atom is -0.341 e. The van der Waals surface area contributed by atoms with Crippen LogP contribution in [0.5, 0.6) is 0 Å². The maximum absolute atomic E-state index is 13.1. The van der Waals surface area contributed by atoms with Crippen molar-refractivity contribution in [1.82, 2.24) is 9.21 Å². The predicted octanol–water partition coefficient (Wildman–Crippen LogP) is 4.48. The number of rotatable bonds is 5. The molecule has 1 fully saturated rings. The molecule has 164 valence electrons. The van der Waals surface area contributed by atoms with Gasteiger partial charge in [0.2, 0.25) is 15.9 Å². The fraction of sp³-hybridized carbons (Fsp3) is 0.421. The quantitative estimate of drug-likeness (QED) is 0.634. The van der Waals surface area contributed by atoms with Crippen molar-refractivity contribution in [3.63, 3.8) is 0 Å². The van der Waals surface area contributed by atoms with E-state index in [0.29, 0.717) is 25.5 Å². The Morgan fingerprint density at radius 1 is 1.27 bits per heavy atom. The van der Waals surface area contributed by atoms with Crippen LogP contribution in [0.15, 0.2) is 39.9 Å². The first-order valence-corrected chi connectivity index (χ1v) is 11.9. The largest absolute Gasteiger partial charge is 0.417 e. The highest BCUT2D eigenvalue weighted by atomic mass is 35.5. The van der Waals surface area contributed by atoms with Crippen molar-refractivity contribution in [2.24, 2.45) is 5.92 Å². The molecular formula is C19H20ClF3N2O3S2. The smallest absolute Gasteiger partial charge is 0.341 e. The Hall–Kier alpha value is -1.62. The van der Waals surface area contributed by atoms with Crippen molar-refractivity contribution in [2.45, 2.75) is 30.5 Å². The second-order valence-electron chi connectivity index (χ2n) is 7.14. The lowest BCUT2D eigenvalue weighted by Gasteiger charge is -2.32. The summed E-state index contributed by atoms with van der Waals surface area (Å²) in [5.74, 6) is -0.389. The van der Waals surface area contributed by atoms with E-state index in [4.69, 9.17) is 11.6 Å². The van der Waals surface area contributed by atoms with Crippen LogP contribution in [-0.4, -0.2) is 43.7 Å². The summed E-state index contributed by atoms with van der Waals surface area (Å²) in [4.78, 5) is 13.8. The number of piperidine rings is 1. The third-order valence-corrected chi connectivity index (χ3v) is 8.02. The zero-order valence-electron chi connectivity index (χ0n) is 16.0. The maximum Gasteiger partial charge on any atom is 0.417 e. The minimum atomic E-state index is -4.75. The van der Waals surface area contributed by atoms with Crippen molar-refractivity contribution in [3.8, 4) is 0 Å². The summed E-state index contributed by atoms with van der Waals surface area (Å²) >= 11 is 7.12. The van der Waals surface area contributed by atoms with Gasteiger partial charge in [-0.15, -0.1) is 0 Å². The first-order chi connectivity index (χ1) is 14.0. The van der Waals surface area contributed by atoms with Crippen molar-refractivity contribution < 1.29 is 26.4 Å². The highest BCUT2D eigenvalue weighted by Gasteiger charge is 2.37. The number of nitrogens with zero attached hydrogens (tertiary/aromatic N) is 2. The van der Waals surface area contributed by atoms with Gasteiger partial charge in [0.25, 0.3) is 0 Å². The van der Waals surface area contributed by atoms with Crippen LogP contribution in [0, 0.1) is 5.92 Å². The van der Waals surface area contributed by atoms with E-state index < -0.39 is 31.7 Å². The molecule has 1 amide bonds. The molecule has 0 saturated carbocycles. The molecular weight excluding hydrogens is 461 g/mol. The molecule has 2 heterocycles. The molecule has 1 aliphatic heterocycles. The van der Waals surface area contributed by atoms with E-state index in [2.05, 4.69) is 0 Å². The number of benzene rings is 1. The summed E-state index contributed by atoms with van der Waals surface area (Å²) in [6.45, 7) is 0.607. The lowest BCUT2D eigenvalue weighted by Crippen LogP contribution is -2.43. The van der Waals surface area contributed by atoms with E-state index in [1.807, 2.05) is 16.8 Å². The van der Waals surface area contributed by atoms with Crippen molar-refractivity contribution in [2.75, 3.05) is 20.1 Å². The average molecular weight is 481 g/mol. The summed E-state index contributed by atoms with van der Waals surface area (Å²) in [6.07, 6.45) is -4.13. The third kappa shape index (κ3) is 4.99. The Balaban J connectivity index is 1.67. The SMILES string of the molecule is CN(Cc1ccsc1)C(=O)C1CCN(S(=O)(=O)c2ccc(Cl)c(C(F)(F)F)c2)CC1. The number of amides is 1. The summed E-state index contributed by atoms with van der Waals surface area (Å²) in [5, 5.41) is 3.33. The average Bonchev–Trinajstić information content (AvgIpc) is 3.19. The minimum absolute atomic E-state index is 0.0645. The molecule has 0 atom stereocenters. The van der Waals surface area contributed by atoms with Crippen LogP contribution in [0.3, 0.4) is 0 Å². The van der Waals surface area contributed by atoms with Crippen LogP contribution in [0.4, 0.5) is 13.2 Å². The molecule has 0 unspecified atom stereocenters. The lowest BCUT2D eigenvalue weighted by molar-refractivity contribution is -0.138. The number of sulfonamides is 1. The maximum atomic E-state index is 13.1. The van der Waals surface area contributed by atoms with Crippen LogP contribution < -0.4 is 0 Å². The number of carbonyl (C=O) groups is 1. The number of halogens is 4. The van der Waals surface area contributed by atoms with E-state index >= 15 is 0 Å². The monoisotopic (exact) mass is 480 g/mol. The zero-order chi connectivity index (χ0) is 22.1. The highest BCUT2D eigenvalue weighted by Crippen LogP contribution is 2.37. The lowest BCUT2D eigenvalue weighted by atomic mass is 9.96. The molecule has 2 aromatic rings. The molecule has 3 rings (SSSR count). The molecule has 1 saturated heterocycles. The number of hydrogen-bond acceptors (Lipinski definition) is 4. The van der Waals surface area contributed by atoms with E-state index in [-0.39, 0.29) is 24.9 Å². The Bertz CT molecular complexity index is 1000. The van der Waals surface area contributed by atoms with Crippen LogP contribution >= 0.6 is 22.9 Å². The highest BCUT2D eigenvalue weighted by molar-refractivity contribution is 7.89. The Morgan fingerprint density at radius 3 is 2.50 bits per heavy atom. The summed E-state index contributed by atoms with van der Waals surface area (Å²) in [5.41, 5.74) is -0.163. The normalized spacial score (nSPS) is 16.6. The van der Waals surface area contributed by atoms with E-state index in [9.17, 15) is 26.4 Å². The molecule has 1 aromatic heterocycles. The number of carbonyl (C=O) groups excluding carboxylic acids is 1. The molecule has 0 spiro atoms. The van der Waals surface area contributed by atoms with Crippen LogP contribution in [0.2, 0.25) is 5.02 Å². The van der Waals surface area contributed by atoms with Gasteiger partial charge in [-0.05, 0) is 53.4 Å². The zero-order valence-corrected chi connectivity index (χ0v) is 18.4. The molecule has 30 heavy (non-hydrogen) atoms. The summed E-state index contributed by atoms with van der Waals surface area (Å²) in [7, 11) is -2.42. The van der Waals surface area contributed by atoms with E-state index in [0.717, 1.165) is 22.0 Å². The molecule has 5 nitrogen and oxygen atoms in total. The Kier molecular flexibility index (Phi) is 6.81. The first-order valence-electron chi connectivity index (χ1n) is 9.13. The standard InChI is InChI=1S/C19H20ClF3N2O3S2/c1-24(11-13-6-9-29-12-13)18(26)14-4-7-25(8-5-14)30(27,28)15-2-3-17(20)16(10-15)19(21,22)23/h2-3,6,9-10,12,14H,4-5,7-8,11H2,1H3. The molecule has 0 aliphatic carbocycles. The van der Waals surface area contributed by atoms with Gasteiger partial charge in [-0.1, -0.05) is 11.6 Å². The molecule has 1 aliphatic rings. The van der Waals surface area contributed by atoms with Gasteiger partial charge in [0, 0.05) is 32.6 Å². The summed E-state index contributed by atoms with van der Waals surface area (Å²) < 4.78 is 66.0. The van der Waals surface area contributed by atoms with Crippen LogP contribution in [-0.2, 0) is 27.5 Å². The number of hydrogen-bond donors (Lipinski definition) is 0. The van der Waals surface area contributed by atoms with Crippen LogP contribution in [0.1, 0.15) is 24.0 Å². The van der Waals surface area contributed by atoms with Gasteiger partial charge in [0.1, 0.15) is 0 Å². The third-order valence-electron chi connectivity index (χ3n) is 5.06. The van der Waals surface area contributed by atoms with Crippen LogP contribution in [0.25, 0.3) is 0 Å². The molecule has 0 radical (unpaired) electrons. The predicted molar refractivity (Wildman–Crippen MR) is 109 cm³/mol. The fourth-order valence-electron chi connectivity index (χ4n) is 3.42. The van der Waals surface area contributed by atoms with Gasteiger partial charge in [-0.3, -0.25) is 4.79 Å². The second kappa shape index (κ2) is 8.86. The molecule has 1 aromatic carbocycles. The number of thiophene rings is 1. The number of alkyl halides is 3. The molecule has 11 heteroatoms. The first kappa shape index (κ1) is 23.1. The van der Waals surface area contributed by atoms with Gasteiger partial charge >= 0.3 is 6.18 Å². The molecule has 0 N–H and O–H groups in total. The van der Waals surface area contributed by atoms with Crippen molar-refractivity contribution >= 4 is 38.9 Å².